The normalized spacial score (nSPS) is 18.8. The van der Waals surface area contributed by atoms with Crippen LogP contribution in [0.25, 0.3) is 5.57 Å². The van der Waals surface area contributed by atoms with E-state index in [9.17, 15) is 14.7 Å². The minimum absolute atomic E-state index is 0.0567. The second kappa shape index (κ2) is 10.1. The lowest BCUT2D eigenvalue weighted by Crippen LogP contribution is -2.40. The molecule has 2 aromatic carbocycles. The number of amides is 2. The van der Waals surface area contributed by atoms with Gasteiger partial charge >= 0.3 is 0 Å². The monoisotopic (exact) mass is 450 g/mol. The zero-order chi connectivity index (χ0) is 23.4. The number of ether oxygens (including phenoxy) is 2. The molecule has 1 fully saturated rings. The number of piperidine rings is 1. The summed E-state index contributed by atoms with van der Waals surface area (Å²) in [7, 11) is 1.59. The van der Waals surface area contributed by atoms with E-state index in [1.165, 1.54) is 4.90 Å². The van der Waals surface area contributed by atoms with E-state index in [2.05, 4.69) is 0 Å². The Morgan fingerprint density at radius 3 is 2.52 bits per heavy atom. The fourth-order valence-electron chi connectivity index (χ4n) is 4.44. The highest BCUT2D eigenvalue weighted by Crippen LogP contribution is 2.40. The molecule has 1 unspecified atom stereocenters. The van der Waals surface area contributed by atoms with Gasteiger partial charge in [0.1, 0.15) is 17.2 Å². The van der Waals surface area contributed by atoms with Crippen molar-refractivity contribution in [2.24, 2.45) is 5.92 Å². The van der Waals surface area contributed by atoms with E-state index in [-0.39, 0.29) is 24.3 Å². The number of para-hydroxylation sites is 2. The molecule has 174 valence electrons. The van der Waals surface area contributed by atoms with Crippen LogP contribution in [-0.4, -0.2) is 55.2 Å². The van der Waals surface area contributed by atoms with E-state index >= 15 is 0 Å². The molecule has 1 saturated heterocycles. The molecule has 2 aliphatic heterocycles. The third kappa shape index (κ3) is 4.46. The molecule has 2 amide bonds. The summed E-state index contributed by atoms with van der Waals surface area (Å²) in [5, 5.41) is 9.72. The summed E-state index contributed by atoms with van der Waals surface area (Å²) in [6, 6.07) is 14.3. The third-order valence-electron chi connectivity index (χ3n) is 6.10. The molecule has 1 N–H and O–H groups in total. The molecule has 7 nitrogen and oxygen atoms in total. The number of aliphatic hydroxyl groups excluding tert-OH is 1. The van der Waals surface area contributed by atoms with Crippen LogP contribution < -0.4 is 14.4 Å². The fourth-order valence-corrected chi connectivity index (χ4v) is 4.44. The van der Waals surface area contributed by atoms with Crippen LogP contribution in [-0.2, 0) is 9.59 Å². The first-order chi connectivity index (χ1) is 16.1. The Hall–Kier alpha value is -3.32. The van der Waals surface area contributed by atoms with E-state index in [0.29, 0.717) is 53.7 Å². The molecule has 0 spiro atoms. The average molecular weight is 451 g/mol. The molecule has 0 bridgehead atoms. The van der Waals surface area contributed by atoms with Crippen molar-refractivity contribution < 1.29 is 24.2 Å². The number of nitrogens with zero attached hydrogens (tertiary/aromatic N) is 2. The van der Waals surface area contributed by atoms with E-state index in [1.807, 2.05) is 17.9 Å². The average Bonchev–Trinajstić information content (AvgIpc) is 3.12. The summed E-state index contributed by atoms with van der Waals surface area (Å²) in [6.45, 7) is 3.74. The summed E-state index contributed by atoms with van der Waals surface area (Å²) >= 11 is 0. The van der Waals surface area contributed by atoms with Crippen molar-refractivity contribution in [2.45, 2.75) is 26.2 Å². The van der Waals surface area contributed by atoms with Gasteiger partial charge in [0.15, 0.2) is 0 Å². The second-order valence-electron chi connectivity index (χ2n) is 8.35. The van der Waals surface area contributed by atoms with Crippen molar-refractivity contribution in [3.05, 3.63) is 59.8 Å². The number of aliphatic hydroxyl groups is 1. The Bertz CT molecular complexity index is 1050. The Balaban J connectivity index is 1.79. The Kier molecular flexibility index (Phi) is 6.99. The molecule has 0 radical (unpaired) electrons. The van der Waals surface area contributed by atoms with Crippen LogP contribution in [0.5, 0.6) is 11.5 Å². The van der Waals surface area contributed by atoms with Crippen molar-refractivity contribution in [3.8, 4) is 11.5 Å². The highest BCUT2D eigenvalue weighted by molar-refractivity contribution is 6.45. The maximum absolute atomic E-state index is 13.8. The first-order valence-corrected chi connectivity index (χ1v) is 11.4. The predicted octanol–water partition coefficient (Wildman–Crippen LogP) is 3.47. The minimum atomic E-state index is -0.376. The van der Waals surface area contributed by atoms with Gasteiger partial charge in [-0.3, -0.25) is 9.59 Å². The van der Waals surface area contributed by atoms with E-state index in [4.69, 9.17) is 9.47 Å². The summed E-state index contributed by atoms with van der Waals surface area (Å²) < 4.78 is 11.1. The predicted molar refractivity (Wildman–Crippen MR) is 126 cm³/mol. The Morgan fingerprint density at radius 1 is 1.06 bits per heavy atom. The molecule has 0 aliphatic carbocycles. The quantitative estimate of drug-likeness (QED) is 0.621. The lowest BCUT2D eigenvalue weighted by molar-refractivity contribution is -0.120. The molecule has 0 aromatic heterocycles. The van der Waals surface area contributed by atoms with Gasteiger partial charge in [-0.2, -0.15) is 0 Å². The first kappa shape index (κ1) is 22.9. The smallest absolute Gasteiger partial charge is 0.282 e. The number of hydrogen-bond donors (Lipinski definition) is 1. The molecular formula is C26H30N2O5. The number of anilines is 1. The fraction of sp³-hybridized carbons (Fsp3) is 0.385. The molecule has 33 heavy (non-hydrogen) atoms. The Morgan fingerprint density at radius 2 is 1.82 bits per heavy atom. The zero-order valence-corrected chi connectivity index (χ0v) is 19.1. The molecule has 0 saturated carbocycles. The largest absolute Gasteiger partial charge is 0.497 e. The molecule has 1 atom stereocenters. The minimum Gasteiger partial charge on any atom is -0.497 e. The number of carbonyl (C=O) groups excluding carboxylic acids is 2. The van der Waals surface area contributed by atoms with Gasteiger partial charge in [-0.05, 0) is 55.0 Å². The standard InChI is InChI=1S/C26H30N2O5/c1-3-15-33-22-9-5-4-8-21(22)28-25(30)23(19-10-12-20(32-2)13-11-19)24(26(28)31)27-14-6-7-18(16-27)17-29/h4-5,8-13,18,29H,3,6-7,14-17H2,1-2H3. The summed E-state index contributed by atoms with van der Waals surface area (Å²) in [5.74, 6) is 0.505. The van der Waals surface area contributed by atoms with Gasteiger partial charge < -0.3 is 19.5 Å². The number of likely N-dealkylation sites (tertiary alicyclic amines) is 1. The summed E-state index contributed by atoms with van der Waals surface area (Å²) in [6.07, 6.45) is 2.56. The molecule has 2 aliphatic rings. The van der Waals surface area contributed by atoms with Crippen LogP contribution in [0.1, 0.15) is 31.7 Å². The molecule has 4 rings (SSSR count). The number of methoxy groups -OCH3 is 1. The number of hydrogen-bond acceptors (Lipinski definition) is 6. The van der Waals surface area contributed by atoms with E-state index < -0.39 is 0 Å². The highest BCUT2D eigenvalue weighted by Gasteiger charge is 2.44. The lowest BCUT2D eigenvalue weighted by Gasteiger charge is -2.34. The number of benzene rings is 2. The van der Waals surface area contributed by atoms with Crippen LogP contribution in [0.4, 0.5) is 5.69 Å². The van der Waals surface area contributed by atoms with Crippen molar-refractivity contribution in [3.63, 3.8) is 0 Å². The first-order valence-electron chi connectivity index (χ1n) is 11.4. The van der Waals surface area contributed by atoms with Gasteiger partial charge in [0.25, 0.3) is 11.8 Å². The van der Waals surface area contributed by atoms with E-state index in [0.717, 1.165) is 19.3 Å². The van der Waals surface area contributed by atoms with Crippen LogP contribution in [0, 0.1) is 5.92 Å². The van der Waals surface area contributed by atoms with E-state index in [1.54, 1.807) is 49.6 Å². The van der Waals surface area contributed by atoms with Crippen molar-refractivity contribution in [1.82, 2.24) is 4.90 Å². The van der Waals surface area contributed by atoms with Crippen molar-refractivity contribution in [1.29, 1.82) is 0 Å². The van der Waals surface area contributed by atoms with Crippen LogP contribution >= 0.6 is 0 Å². The number of carbonyl (C=O) groups is 2. The SMILES string of the molecule is CCCOc1ccccc1N1C(=O)C(c2ccc(OC)cc2)=C(N2CCCC(CO)C2)C1=O. The molecule has 2 aromatic rings. The zero-order valence-electron chi connectivity index (χ0n) is 19.1. The lowest BCUT2D eigenvalue weighted by atomic mass is 9.97. The Labute approximate surface area is 194 Å². The van der Waals surface area contributed by atoms with Crippen molar-refractivity contribution >= 4 is 23.1 Å². The molecular weight excluding hydrogens is 420 g/mol. The van der Waals surface area contributed by atoms with Crippen LogP contribution in [0.15, 0.2) is 54.2 Å². The van der Waals surface area contributed by atoms with Crippen molar-refractivity contribution in [2.75, 3.05) is 38.3 Å². The summed E-state index contributed by atoms with van der Waals surface area (Å²) in [4.78, 5) is 30.8. The molecule has 7 heteroatoms. The maximum Gasteiger partial charge on any atom is 0.282 e. The second-order valence-corrected chi connectivity index (χ2v) is 8.35. The third-order valence-corrected chi connectivity index (χ3v) is 6.10. The maximum atomic E-state index is 13.8. The van der Waals surface area contributed by atoms with Gasteiger partial charge in [0.2, 0.25) is 0 Å². The van der Waals surface area contributed by atoms with Gasteiger partial charge in [-0.15, -0.1) is 0 Å². The highest BCUT2D eigenvalue weighted by atomic mass is 16.5. The molecule has 2 heterocycles. The van der Waals surface area contributed by atoms with Crippen LogP contribution in [0.3, 0.4) is 0 Å². The number of imide groups is 1. The van der Waals surface area contributed by atoms with Gasteiger partial charge in [-0.1, -0.05) is 31.2 Å². The topological polar surface area (TPSA) is 79.3 Å². The van der Waals surface area contributed by atoms with Gasteiger partial charge in [0.05, 0.1) is 25.0 Å². The number of rotatable bonds is 8. The van der Waals surface area contributed by atoms with Gasteiger partial charge in [-0.25, -0.2) is 4.90 Å². The van der Waals surface area contributed by atoms with Gasteiger partial charge in [0, 0.05) is 19.7 Å². The van der Waals surface area contributed by atoms with Crippen LogP contribution in [0.2, 0.25) is 0 Å². The summed E-state index contributed by atoms with van der Waals surface area (Å²) in [5.41, 5.74) is 1.85.